The van der Waals surface area contributed by atoms with E-state index in [0.29, 0.717) is 22.9 Å². The fraction of sp³-hybridized carbons (Fsp3) is 0.250. The van der Waals surface area contributed by atoms with Gasteiger partial charge in [0.1, 0.15) is 23.9 Å². The van der Waals surface area contributed by atoms with Crippen LogP contribution in [0.5, 0.6) is 17.2 Å². The fourth-order valence-electron chi connectivity index (χ4n) is 4.93. The highest BCUT2D eigenvalue weighted by atomic mass is 35.5. The normalized spacial score (nSPS) is 17.4. The first kappa shape index (κ1) is 22.1. The first-order valence-electron chi connectivity index (χ1n) is 11.7. The number of likely N-dealkylation sites (tertiary alicyclic amines) is 1. The lowest BCUT2D eigenvalue weighted by Gasteiger charge is -2.37. The van der Waals surface area contributed by atoms with Gasteiger partial charge in [-0.25, -0.2) is 0 Å². The molecule has 1 aromatic heterocycles. The van der Waals surface area contributed by atoms with Crippen LogP contribution in [-0.4, -0.2) is 47.9 Å². The molecule has 0 radical (unpaired) electrons. The van der Waals surface area contributed by atoms with E-state index in [1.165, 1.54) is 0 Å². The zero-order valence-corrected chi connectivity index (χ0v) is 19.7. The van der Waals surface area contributed by atoms with Crippen LogP contribution < -0.4 is 9.47 Å². The molecule has 1 fully saturated rings. The fourth-order valence-corrected chi connectivity index (χ4v) is 5.09. The van der Waals surface area contributed by atoms with Gasteiger partial charge in [0, 0.05) is 64.9 Å². The van der Waals surface area contributed by atoms with Gasteiger partial charge >= 0.3 is 0 Å². The van der Waals surface area contributed by atoms with Crippen LogP contribution in [0.3, 0.4) is 0 Å². The number of alkyl halides is 1. The quantitative estimate of drug-likeness (QED) is 0.358. The molecule has 2 aliphatic heterocycles. The summed E-state index contributed by atoms with van der Waals surface area (Å²) in [4.78, 5) is 6.79. The molecule has 5 nitrogen and oxygen atoms in total. The minimum absolute atomic E-state index is 0.172. The van der Waals surface area contributed by atoms with Crippen LogP contribution in [0.25, 0.3) is 22.0 Å². The van der Waals surface area contributed by atoms with Gasteiger partial charge in [0.2, 0.25) is 0 Å². The first-order valence-corrected chi connectivity index (χ1v) is 12.1. The van der Waals surface area contributed by atoms with E-state index < -0.39 is 0 Å². The topological polar surface area (TPSA) is 54.8 Å². The minimum Gasteiger partial charge on any atom is -0.508 e. The second kappa shape index (κ2) is 9.02. The Hall–Kier alpha value is -3.35. The summed E-state index contributed by atoms with van der Waals surface area (Å²) in [6.45, 7) is 2.73. The molecule has 178 valence electrons. The predicted octanol–water partition coefficient (Wildman–Crippen LogP) is 6.02. The SMILES string of the molecule is Oc1ccc2c3c(cnc2c1)-c1ccc(Cl)cc1O[C@H]3c1ccc(OCCN2CC(CF)C2)cc1. The third-order valence-corrected chi connectivity index (χ3v) is 6.98. The zero-order chi connectivity index (χ0) is 23.9. The van der Waals surface area contributed by atoms with Crippen LogP contribution >= 0.6 is 11.6 Å². The summed E-state index contributed by atoms with van der Waals surface area (Å²) in [7, 11) is 0. The molecule has 0 saturated carbocycles. The largest absolute Gasteiger partial charge is 0.508 e. The monoisotopic (exact) mass is 490 g/mol. The number of hydrogen-bond acceptors (Lipinski definition) is 5. The molecule has 7 heteroatoms. The number of rotatable bonds is 6. The lowest BCUT2D eigenvalue weighted by Crippen LogP contribution is -2.49. The van der Waals surface area contributed by atoms with Crippen molar-refractivity contribution >= 4 is 22.5 Å². The van der Waals surface area contributed by atoms with E-state index in [-0.39, 0.29) is 24.4 Å². The molecular weight excluding hydrogens is 467 g/mol. The molecule has 0 bridgehead atoms. The number of halogens is 2. The number of aromatic nitrogens is 1. The predicted molar refractivity (Wildman–Crippen MR) is 134 cm³/mol. The van der Waals surface area contributed by atoms with E-state index in [2.05, 4.69) is 9.88 Å². The Balaban J connectivity index is 1.30. The Kier molecular flexibility index (Phi) is 5.71. The average Bonchev–Trinajstić information content (AvgIpc) is 2.84. The summed E-state index contributed by atoms with van der Waals surface area (Å²) >= 11 is 6.27. The van der Waals surface area contributed by atoms with Crippen LogP contribution in [0.1, 0.15) is 17.2 Å². The number of ether oxygens (including phenoxy) is 2. The second-order valence-corrected chi connectivity index (χ2v) is 9.56. The van der Waals surface area contributed by atoms with E-state index in [4.69, 9.17) is 21.1 Å². The molecule has 0 amide bonds. The Labute approximate surface area is 207 Å². The number of hydrogen-bond donors (Lipinski definition) is 1. The van der Waals surface area contributed by atoms with E-state index in [1.54, 1.807) is 12.1 Å². The smallest absolute Gasteiger partial charge is 0.150 e. The summed E-state index contributed by atoms with van der Waals surface area (Å²) in [5.41, 5.74) is 4.59. The van der Waals surface area contributed by atoms with E-state index in [1.807, 2.05) is 54.7 Å². The second-order valence-electron chi connectivity index (χ2n) is 9.12. The molecule has 1 saturated heterocycles. The molecule has 1 atom stereocenters. The van der Waals surface area contributed by atoms with Gasteiger partial charge in [-0.1, -0.05) is 23.7 Å². The molecule has 6 rings (SSSR count). The summed E-state index contributed by atoms with van der Waals surface area (Å²) < 4.78 is 25.0. The molecular formula is C28H24ClFN2O3. The summed E-state index contributed by atoms with van der Waals surface area (Å²) in [6, 6.07) is 18.7. The maximum Gasteiger partial charge on any atom is 0.150 e. The third kappa shape index (κ3) is 4.17. The van der Waals surface area contributed by atoms with Crippen molar-refractivity contribution in [3.05, 3.63) is 83.0 Å². The molecule has 0 aliphatic carbocycles. The number of nitrogens with zero attached hydrogens (tertiary/aromatic N) is 2. The van der Waals surface area contributed by atoms with Gasteiger partial charge in [-0.15, -0.1) is 0 Å². The zero-order valence-electron chi connectivity index (χ0n) is 19.0. The van der Waals surface area contributed by atoms with Gasteiger partial charge < -0.3 is 14.6 Å². The molecule has 0 spiro atoms. The van der Waals surface area contributed by atoms with Crippen LogP contribution in [0, 0.1) is 5.92 Å². The van der Waals surface area contributed by atoms with Gasteiger partial charge in [0.15, 0.2) is 6.10 Å². The Morgan fingerprint density at radius 3 is 2.69 bits per heavy atom. The van der Waals surface area contributed by atoms with Gasteiger partial charge in [0.25, 0.3) is 0 Å². The van der Waals surface area contributed by atoms with Crippen LogP contribution in [0.4, 0.5) is 4.39 Å². The molecule has 3 heterocycles. The molecule has 1 N–H and O–H groups in total. The average molecular weight is 491 g/mol. The van der Waals surface area contributed by atoms with E-state index >= 15 is 0 Å². The number of benzene rings is 3. The van der Waals surface area contributed by atoms with Crippen molar-refractivity contribution in [3.63, 3.8) is 0 Å². The first-order chi connectivity index (χ1) is 17.1. The van der Waals surface area contributed by atoms with Crippen molar-refractivity contribution in [1.29, 1.82) is 0 Å². The summed E-state index contributed by atoms with van der Waals surface area (Å²) in [5.74, 6) is 1.84. The number of phenols is 1. The van der Waals surface area contributed by atoms with Crippen LogP contribution in [0.15, 0.2) is 66.9 Å². The maximum atomic E-state index is 12.6. The van der Waals surface area contributed by atoms with Crippen molar-refractivity contribution < 1.29 is 19.0 Å². The Morgan fingerprint density at radius 1 is 1.06 bits per heavy atom. The third-order valence-electron chi connectivity index (χ3n) is 6.75. The number of aromatic hydroxyl groups is 1. The molecule has 3 aromatic carbocycles. The highest BCUT2D eigenvalue weighted by Crippen LogP contribution is 2.48. The number of fused-ring (bicyclic) bond motifs is 5. The molecule has 2 aliphatic rings. The van der Waals surface area contributed by atoms with Crippen molar-refractivity contribution in [1.82, 2.24) is 9.88 Å². The van der Waals surface area contributed by atoms with Crippen molar-refractivity contribution in [3.8, 4) is 28.4 Å². The van der Waals surface area contributed by atoms with Gasteiger partial charge in [-0.05, 0) is 48.0 Å². The summed E-state index contributed by atoms with van der Waals surface area (Å²) in [5, 5.41) is 11.5. The lowest BCUT2D eigenvalue weighted by molar-refractivity contribution is 0.0668. The van der Waals surface area contributed by atoms with Crippen molar-refractivity contribution in [2.24, 2.45) is 5.92 Å². The maximum absolute atomic E-state index is 12.6. The molecule has 35 heavy (non-hydrogen) atoms. The molecule has 4 aromatic rings. The van der Waals surface area contributed by atoms with Gasteiger partial charge in [0.05, 0.1) is 12.2 Å². The summed E-state index contributed by atoms with van der Waals surface area (Å²) in [6.07, 6.45) is 1.46. The Morgan fingerprint density at radius 2 is 1.89 bits per heavy atom. The number of pyridine rings is 1. The van der Waals surface area contributed by atoms with Gasteiger partial charge in [-0.3, -0.25) is 14.3 Å². The van der Waals surface area contributed by atoms with Crippen LogP contribution in [-0.2, 0) is 0 Å². The lowest BCUT2D eigenvalue weighted by atomic mass is 9.88. The highest BCUT2D eigenvalue weighted by Gasteiger charge is 2.30. The van der Waals surface area contributed by atoms with E-state index in [0.717, 1.165) is 53.0 Å². The highest BCUT2D eigenvalue weighted by molar-refractivity contribution is 6.30. The van der Waals surface area contributed by atoms with Crippen LogP contribution in [0.2, 0.25) is 5.02 Å². The van der Waals surface area contributed by atoms with E-state index in [9.17, 15) is 9.50 Å². The molecule has 0 unspecified atom stereocenters. The minimum atomic E-state index is -0.376. The van der Waals surface area contributed by atoms with Crippen molar-refractivity contribution in [2.75, 3.05) is 32.9 Å². The number of phenolic OH excluding ortho intramolecular Hbond substituents is 1. The Bertz CT molecular complexity index is 1390. The van der Waals surface area contributed by atoms with Gasteiger partial charge in [-0.2, -0.15) is 0 Å². The standard InChI is InChI=1S/C28H24ClFN2O3/c29-19-3-7-22-24-14-31-25-12-20(33)4-8-23(25)27(24)28(35-26(22)11-19)18-1-5-21(6-2-18)34-10-9-32-15-17(13-30)16-32/h1-8,11-12,14,17,28,33H,9-10,13,15-16H2/t28-/m0/s1. The van der Waals surface area contributed by atoms with Crippen molar-refractivity contribution in [2.45, 2.75) is 6.10 Å².